The number of carbonyl (C=O) groups excluding carboxylic acids is 2. The fraction of sp³-hybridized carbons (Fsp3) is 0.484. The molecule has 3 aliphatic rings. The Morgan fingerprint density at radius 1 is 1.15 bits per heavy atom. The molecule has 41 heavy (non-hydrogen) atoms. The molecule has 2 heterocycles. The van der Waals surface area contributed by atoms with Crippen molar-refractivity contribution in [3.05, 3.63) is 68.5 Å². The van der Waals surface area contributed by atoms with Crippen LogP contribution in [0.15, 0.2) is 57.3 Å². The summed E-state index contributed by atoms with van der Waals surface area (Å²) in [5.74, 6) is 0.933. The van der Waals surface area contributed by atoms with Crippen LogP contribution in [0.5, 0.6) is 0 Å². The van der Waals surface area contributed by atoms with Crippen LogP contribution in [0.25, 0.3) is 11.3 Å². The molecular formula is C31H41IN4O5. The third-order valence-electron chi connectivity index (χ3n) is 7.90. The quantitative estimate of drug-likeness (QED) is 0.233. The van der Waals surface area contributed by atoms with E-state index < -0.39 is 11.9 Å². The second-order valence-electron chi connectivity index (χ2n) is 10.8. The van der Waals surface area contributed by atoms with Gasteiger partial charge in [0, 0.05) is 47.8 Å². The summed E-state index contributed by atoms with van der Waals surface area (Å²) in [6.45, 7) is 6.88. The van der Waals surface area contributed by atoms with Crippen molar-refractivity contribution in [3.8, 4) is 0 Å². The molecule has 1 saturated carbocycles. The van der Waals surface area contributed by atoms with Crippen molar-refractivity contribution in [3.63, 3.8) is 0 Å². The van der Waals surface area contributed by atoms with Gasteiger partial charge in [0.05, 0.1) is 12.8 Å². The monoisotopic (exact) mass is 676 g/mol. The van der Waals surface area contributed by atoms with Gasteiger partial charge in [0.1, 0.15) is 5.70 Å². The molecule has 2 saturated heterocycles. The summed E-state index contributed by atoms with van der Waals surface area (Å²) in [6, 6.07) is 8.23. The predicted octanol–water partition coefficient (Wildman–Crippen LogP) is 5.89. The van der Waals surface area contributed by atoms with E-state index in [0.29, 0.717) is 13.1 Å². The van der Waals surface area contributed by atoms with Gasteiger partial charge in [-0.2, -0.15) is 0 Å². The molecule has 2 aliphatic heterocycles. The molecule has 0 bridgehead atoms. The van der Waals surface area contributed by atoms with Gasteiger partial charge in [0.15, 0.2) is 11.5 Å². The van der Waals surface area contributed by atoms with Crippen LogP contribution >= 0.6 is 22.6 Å². The van der Waals surface area contributed by atoms with E-state index in [1.807, 2.05) is 16.2 Å². The number of nitrogens with zero attached hydrogens (tertiary/aromatic N) is 1. The maximum Gasteiger partial charge on any atom is 0.411 e. The number of benzene rings is 1. The summed E-state index contributed by atoms with van der Waals surface area (Å²) in [5.41, 5.74) is 10.9. The van der Waals surface area contributed by atoms with E-state index in [1.54, 1.807) is 24.9 Å². The van der Waals surface area contributed by atoms with Crippen LogP contribution in [0.3, 0.4) is 0 Å². The number of nitrogens with one attached hydrogen (secondary N) is 2. The number of carbonyl (C=O) groups is 2. The number of hydrogen-bond donors (Lipinski definition) is 3. The van der Waals surface area contributed by atoms with E-state index in [-0.39, 0.29) is 17.6 Å². The number of methoxy groups -OCH3 is 1. The molecule has 2 amide bonds. The molecule has 0 radical (unpaired) electrons. The minimum absolute atomic E-state index is 0.0390. The number of allylic oxidation sites excluding steroid dienone is 2. The lowest BCUT2D eigenvalue weighted by atomic mass is 9.99. The molecule has 4 rings (SSSR count). The largest absolute Gasteiger partial charge is 0.453 e. The van der Waals surface area contributed by atoms with E-state index in [0.717, 1.165) is 84.4 Å². The zero-order valence-corrected chi connectivity index (χ0v) is 26.5. The zero-order chi connectivity index (χ0) is 29.6. The van der Waals surface area contributed by atoms with Gasteiger partial charge in [-0.1, -0.05) is 31.2 Å². The number of nitrogens with two attached hydrogens (primary N) is 1. The van der Waals surface area contributed by atoms with Crippen LogP contribution < -0.4 is 16.4 Å². The standard InChI is InChI=1S/C31H41IN4O5/c1-5-24(28-26(17-32)40-31(41-28)14-6-7-15-31)21-10-12-22(13-11-21)25(18-33)34-19-23-9-8-16-36(23)29(37)27(20(2)3)35-30(38)39-4/h10-13,17-18,23,34H,5-9,14-16,19,33H2,1-4H3,(H,35,38)/b25-18-,26-17-,28-24-. The first-order valence-electron chi connectivity index (χ1n) is 14.3. The van der Waals surface area contributed by atoms with Crippen LogP contribution in [0.2, 0.25) is 0 Å². The Morgan fingerprint density at radius 2 is 1.83 bits per heavy atom. The average Bonchev–Trinajstić information content (AvgIpc) is 3.73. The summed E-state index contributed by atoms with van der Waals surface area (Å²) in [7, 11) is 1.28. The number of amides is 2. The lowest BCUT2D eigenvalue weighted by molar-refractivity contribution is -0.129. The molecular weight excluding hydrogens is 635 g/mol. The van der Waals surface area contributed by atoms with Gasteiger partial charge < -0.3 is 30.2 Å². The number of ether oxygens (including phenoxy) is 3. The third-order valence-corrected chi connectivity index (χ3v) is 8.47. The molecule has 1 aromatic carbocycles. The first kappa shape index (κ1) is 30.8. The van der Waals surface area contributed by atoms with Crippen LogP contribution in [-0.4, -0.2) is 48.9 Å². The number of halogens is 1. The van der Waals surface area contributed by atoms with Crippen molar-refractivity contribution >= 4 is 45.9 Å². The van der Waals surface area contributed by atoms with Crippen LogP contribution in [-0.2, 0) is 19.0 Å². The molecule has 1 unspecified atom stereocenters. The lowest BCUT2D eigenvalue weighted by Gasteiger charge is -2.27. The van der Waals surface area contributed by atoms with Gasteiger partial charge in [-0.05, 0) is 85.2 Å². The summed E-state index contributed by atoms with van der Waals surface area (Å²) >= 11 is 2.22. The molecule has 4 N–H and O–H groups in total. The minimum atomic E-state index is -0.659. The van der Waals surface area contributed by atoms with Gasteiger partial charge in [0.2, 0.25) is 0 Å². The van der Waals surface area contributed by atoms with Gasteiger partial charge in [0.25, 0.3) is 11.7 Å². The Kier molecular flexibility index (Phi) is 10.3. The van der Waals surface area contributed by atoms with Gasteiger partial charge >= 0.3 is 6.09 Å². The highest BCUT2D eigenvalue weighted by Crippen LogP contribution is 2.48. The fourth-order valence-electron chi connectivity index (χ4n) is 5.74. The second kappa shape index (κ2) is 13.7. The third kappa shape index (κ3) is 6.85. The number of alkyl carbamates (subject to hydrolysis) is 1. The van der Waals surface area contributed by atoms with Crippen LogP contribution in [0.1, 0.15) is 76.8 Å². The summed E-state index contributed by atoms with van der Waals surface area (Å²) < 4.78 is 19.4. The molecule has 3 fully saturated rings. The smallest absolute Gasteiger partial charge is 0.411 e. The van der Waals surface area contributed by atoms with Crippen LogP contribution in [0.4, 0.5) is 4.79 Å². The first-order chi connectivity index (χ1) is 19.8. The van der Waals surface area contributed by atoms with Gasteiger partial charge in [-0.3, -0.25) is 10.1 Å². The molecule has 0 aromatic heterocycles. The molecule has 9 nitrogen and oxygen atoms in total. The molecule has 1 atom stereocenters. The van der Waals surface area contributed by atoms with Crippen molar-refractivity contribution in [2.45, 2.75) is 77.5 Å². The van der Waals surface area contributed by atoms with Crippen molar-refractivity contribution in [2.24, 2.45) is 5.73 Å². The topological polar surface area (TPSA) is 115 Å². The SMILES string of the molecule is CC/C(=C1/OC2(CCCC2)O/C1=C\I)c1ccc(/C(=C/N)NCC2CCCN2C(=O)C(NC(=O)OC)=C(C)C)cc1. The summed E-state index contributed by atoms with van der Waals surface area (Å²) in [4.78, 5) is 26.9. The highest BCUT2D eigenvalue weighted by molar-refractivity contribution is 14.1. The maximum atomic E-state index is 13.3. The lowest BCUT2D eigenvalue weighted by Crippen LogP contribution is -2.45. The Balaban J connectivity index is 1.46. The Bertz CT molecular complexity index is 1260. The van der Waals surface area contributed by atoms with E-state index in [4.69, 9.17) is 19.9 Å². The Hall–Kier alpha value is -3.15. The Labute approximate surface area is 256 Å². The van der Waals surface area contributed by atoms with Crippen molar-refractivity contribution in [2.75, 3.05) is 20.2 Å². The average molecular weight is 677 g/mol. The van der Waals surface area contributed by atoms with E-state index in [1.165, 1.54) is 7.11 Å². The van der Waals surface area contributed by atoms with Gasteiger partial charge in [-0.15, -0.1) is 0 Å². The normalized spacial score (nSPS) is 21.9. The van der Waals surface area contributed by atoms with Crippen molar-refractivity contribution < 1.29 is 23.8 Å². The summed E-state index contributed by atoms with van der Waals surface area (Å²) in [6.07, 6.45) is 7.52. The number of likely N-dealkylation sites (tertiary alicyclic amines) is 1. The molecule has 10 heteroatoms. The molecule has 1 aliphatic carbocycles. The van der Waals surface area contributed by atoms with E-state index in [9.17, 15) is 9.59 Å². The maximum absolute atomic E-state index is 13.3. The zero-order valence-electron chi connectivity index (χ0n) is 24.3. The van der Waals surface area contributed by atoms with E-state index in [2.05, 4.69) is 52.3 Å². The molecule has 1 aromatic rings. The summed E-state index contributed by atoms with van der Waals surface area (Å²) in [5, 5.41) is 6.02. The minimum Gasteiger partial charge on any atom is -0.453 e. The molecule has 1 spiro atoms. The Morgan fingerprint density at radius 3 is 2.41 bits per heavy atom. The number of rotatable bonds is 8. The predicted molar refractivity (Wildman–Crippen MR) is 168 cm³/mol. The highest BCUT2D eigenvalue weighted by atomic mass is 127. The second-order valence-corrected chi connectivity index (χ2v) is 11.4. The van der Waals surface area contributed by atoms with Crippen molar-refractivity contribution in [1.29, 1.82) is 0 Å². The fourth-order valence-corrected chi connectivity index (χ4v) is 6.15. The molecule has 222 valence electrons. The number of hydrogen-bond acceptors (Lipinski definition) is 7. The first-order valence-corrected chi connectivity index (χ1v) is 15.5. The van der Waals surface area contributed by atoms with E-state index >= 15 is 0 Å². The highest BCUT2D eigenvalue weighted by Gasteiger charge is 2.46. The van der Waals surface area contributed by atoms with Crippen LogP contribution in [0, 0.1) is 0 Å². The van der Waals surface area contributed by atoms with Gasteiger partial charge in [-0.25, -0.2) is 4.79 Å². The van der Waals surface area contributed by atoms with Crippen molar-refractivity contribution in [1.82, 2.24) is 15.5 Å².